The van der Waals surface area contributed by atoms with Gasteiger partial charge in [0.25, 0.3) is 4.84 Å². The first-order chi connectivity index (χ1) is 6.74. The van der Waals surface area contributed by atoms with Gasteiger partial charge >= 0.3 is 0 Å². The topological polar surface area (TPSA) is 28.9 Å². The summed E-state index contributed by atoms with van der Waals surface area (Å²) in [5.74, 6) is 0.910. The molecular formula is C10H6ClNOS. The van der Waals surface area contributed by atoms with Gasteiger partial charge in [-0.25, -0.2) is 0 Å². The molecule has 14 heavy (non-hydrogen) atoms. The zero-order valence-corrected chi connectivity index (χ0v) is 8.71. The highest BCUT2D eigenvalue weighted by Gasteiger charge is 2.22. The molecule has 0 fully saturated rings. The van der Waals surface area contributed by atoms with Crippen molar-refractivity contribution in [3.8, 4) is 11.3 Å². The van der Waals surface area contributed by atoms with Gasteiger partial charge in [0.15, 0.2) is 0 Å². The van der Waals surface area contributed by atoms with Gasteiger partial charge in [0.2, 0.25) is 0 Å². The van der Waals surface area contributed by atoms with Crippen molar-refractivity contribution >= 4 is 23.8 Å². The predicted octanol–water partition coefficient (Wildman–Crippen LogP) is 3.56. The quantitative estimate of drug-likeness (QED) is 0.591. The normalized spacial score (nSPS) is 12.6. The first-order valence-corrected chi connectivity index (χ1v) is 5.03. The smallest absolute Gasteiger partial charge is 0.266 e. The second kappa shape index (κ2) is 2.72. The fourth-order valence-electron chi connectivity index (χ4n) is 1.83. The predicted molar refractivity (Wildman–Crippen MR) is 57.1 cm³/mol. The molecule has 0 saturated heterocycles. The first-order valence-electron chi connectivity index (χ1n) is 4.25. The number of fused-ring (bicyclic) bond motifs is 3. The van der Waals surface area contributed by atoms with Crippen LogP contribution in [0.15, 0.2) is 22.6 Å². The monoisotopic (exact) mass is 223 g/mol. The van der Waals surface area contributed by atoms with E-state index in [9.17, 15) is 0 Å². The van der Waals surface area contributed by atoms with Gasteiger partial charge < -0.3 is 9.40 Å². The second-order valence-corrected chi connectivity index (χ2v) is 4.10. The van der Waals surface area contributed by atoms with E-state index in [-0.39, 0.29) is 0 Å². The van der Waals surface area contributed by atoms with Crippen molar-refractivity contribution in [2.75, 3.05) is 0 Å². The standard InChI is InChI=1S/C10H6ClNOS/c11-6-1-2-7-5(3-6)4-8-9(7)12-10(14)13-8/h1-3H,4H2,(H,12,14). The molecule has 1 aliphatic carbocycles. The lowest BCUT2D eigenvalue weighted by Crippen LogP contribution is -1.80. The Bertz CT molecular complexity index is 570. The molecule has 0 spiro atoms. The fraction of sp³-hybridized carbons (Fsp3) is 0.100. The Morgan fingerprint density at radius 3 is 3.14 bits per heavy atom. The van der Waals surface area contributed by atoms with Crippen molar-refractivity contribution in [1.82, 2.24) is 4.98 Å². The highest BCUT2D eigenvalue weighted by atomic mass is 35.5. The maximum absolute atomic E-state index is 5.90. The molecule has 0 amide bonds. The fourth-order valence-corrected chi connectivity index (χ4v) is 2.22. The van der Waals surface area contributed by atoms with Crippen LogP contribution in [0.3, 0.4) is 0 Å². The molecule has 4 heteroatoms. The van der Waals surface area contributed by atoms with E-state index in [1.807, 2.05) is 18.2 Å². The van der Waals surface area contributed by atoms with Gasteiger partial charge in [-0.3, -0.25) is 0 Å². The van der Waals surface area contributed by atoms with E-state index < -0.39 is 0 Å². The van der Waals surface area contributed by atoms with Crippen LogP contribution in [0.25, 0.3) is 11.3 Å². The zero-order valence-electron chi connectivity index (χ0n) is 7.13. The van der Waals surface area contributed by atoms with Crippen LogP contribution in [-0.2, 0) is 6.42 Å². The Labute approximate surface area is 90.5 Å². The summed E-state index contributed by atoms with van der Waals surface area (Å²) >= 11 is 10.8. The summed E-state index contributed by atoms with van der Waals surface area (Å²) in [7, 11) is 0. The van der Waals surface area contributed by atoms with Crippen LogP contribution in [0.4, 0.5) is 0 Å². The molecule has 1 N–H and O–H groups in total. The van der Waals surface area contributed by atoms with E-state index in [2.05, 4.69) is 4.98 Å². The minimum atomic E-state index is 0.440. The molecule has 0 aliphatic heterocycles. The zero-order chi connectivity index (χ0) is 9.71. The lowest BCUT2D eigenvalue weighted by atomic mass is 10.1. The minimum absolute atomic E-state index is 0.440. The Balaban J connectivity index is 2.30. The van der Waals surface area contributed by atoms with Crippen LogP contribution in [0.1, 0.15) is 11.3 Å². The van der Waals surface area contributed by atoms with Crippen molar-refractivity contribution in [3.05, 3.63) is 39.4 Å². The van der Waals surface area contributed by atoms with Crippen LogP contribution in [0.5, 0.6) is 0 Å². The van der Waals surface area contributed by atoms with Gasteiger partial charge in [0, 0.05) is 17.0 Å². The maximum atomic E-state index is 5.90. The third kappa shape index (κ3) is 1.06. The Hall–Kier alpha value is -1.06. The molecule has 0 bridgehead atoms. The third-order valence-electron chi connectivity index (χ3n) is 2.41. The molecule has 2 nitrogen and oxygen atoms in total. The lowest BCUT2D eigenvalue weighted by molar-refractivity contribution is 0.502. The van der Waals surface area contributed by atoms with E-state index in [1.165, 1.54) is 5.56 Å². The van der Waals surface area contributed by atoms with Crippen molar-refractivity contribution in [1.29, 1.82) is 0 Å². The molecule has 70 valence electrons. The van der Waals surface area contributed by atoms with E-state index >= 15 is 0 Å². The third-order valence-corrected chi connectivity index (χ3v) is 2.83. The summed E-state index contributed by atoms with van der Waals surface area (Å²) < 4.78 is 5.36. The molecule has 2 aromatic rings. The van der Waals surface area contributed by atoms with Gasteiger partial charge in [0.1, 0.15) is 5.76 Å². The van der Waals surface area contributed by atoms with Gasteiger partial charge in [0.05, 0.1) is 5.69 Å². The van der Waals surface area contributed by atoms with E-state index in [0.717, 1.165) is 28.5 Å². The number of rotatable bonds is 0. The van der Waals surface area contributed by atoms with E-state index in [1.54, 1.807) is 0 Å². The summed E-state index contributed by atoms with van der Waals surface area (Å²) in [6.45, 7) is 0. The van der Waals surface area contributed by atoms with Crippen LogP contribution < -0.4 is 0 Å². The number of hydrogen-bond donors (Lipinski definition) is 1. The Morgan fingerprint density at radius 2 is 2.29 bits per heavy atom. The van der Waals surface area contributed by atoms with E-state index in [4.69, 9.17) is 28.2 Å². The molecule has 1 aliphatic rings. The van der Waals surface area contributed by atoms with Crippen LogP contribution in [0, 0.1) is 4.84 Å². The molecule has 0 radical (unpaired) electrons. The van der Waals surface area contributed by atoms with Crippen LogP contribution in [-0.4, -0.2) is 4.98 Å². The highest BCUT2D eigenvalue weighted by Crippen LogP contribution is 2.36. The van der Waals surface area contributed by atoms with Gasteiger partial charge in [-0.05, 0) is 29.9 Å². The summed E-state index contributed by atoms with van der Waals surface area (Å²) in [6.07, 6.45) is 0.776. The van der Waals surface area contributed by atoms with Gasteiger partial charge in [-0.15, -0.1) is 0 Å². The number of oxazole rings is 1. The molecular weight excluding hydrogens is 218 g/mol. The molecule has 1 heterocycles. The maximum Gasteiger partial charge on any atom is 0.266 e. The molecule has 3 rings (SSSR count). The number of H-pyrrole nitrogens is 1. The van der Waals surface area contributed by atoms with Crippen molar-refractivity contribution in [3.63, 3.8) is 0 Å². The number of hydrogen-bond acceptors (Lipinski definition) is 2. The van der Waals surface area contributed by atoms with Crippen molar-refractivity contribution < 1.29 is 4.42 Å². The SMILES string of the molecule is S=c1[nH]c2c(o1)Cc1cc(Cl)ccc1-2. The number of halogens is 1. The van der Waals surface area contributed by atoms with Gasteiger partial charge in [-0.1, -0.05) is 17.7 Å². The summed E-state index contributed by atoms with van der Waals surface area (Å²) in [4.78, 5) is 3.48. The number of nitrogens with one attached hydrogen (secondary N) is 1. The Morgan fingerprint density at radius 1 is 1.43 bits per heavy atom. The number of aromatic nitrogens is 1. The first kappa shape index (κ1) is 8.26. The molecule has 0 atom stereocenters. The average molecular weight is 224 g/mol. The summed E-state index contributed by atoms with van der Waals surface area (Å²) in [5, 5.41) is 0.757. The molecule has 0 saturated carbocycles. The molecule has 0 unspecified atom stereocenters. The van der Waals surface area contributed by atoms with Gasteiger partial charge in [-0.2, -0.15) is 0 Å². The van der Waals surface area contributed by atoms with Crippen LogP contribution in [0.2, 0.25) is 5.02 Å². The minimum Gasteiger partial charge on any atom is -0.434 e. The largest absolute Gasteiger partial charge is 0.434 e. The summed E-state index contributed by atoms with van der Waals surface area (Å²) in [6, 6.07) is 5.83. The van der Waals surface area contributed by atoms with Crippen LogP contribution >= 0.6 is 23.8 Å². The second-order valence-electron chi connectivity index (χ2n) is 3.29. The van der Waals surface area contributed by atoms with E-state index in [0.29, 0.717) is 4.84 Å². The summed E-state index contributed by atoms with van der Waals surface area (Å²) in [5.41, 5.74) is 3.34. The molecule has 1 aromatic carbocycles. The average Bonchev–Trinajstić information content (AvgIpc) is 2.59. The highest BCUT2D eigenvalue weighted by molar-refractivity contribution is 7.71. The molecule has 1 aromatic heterocycles. The number of aromatic amines is 1. The Kier molecular flexibility index (Phi) is 1.60. The van der Waals surface area contributed by atoms with Crippen molar-refractivity contribution in [2.24, 2.45) is 0 Å². The van der Waals surface area contributed by atoms with Crippen molar-refractivity contribution in [2.45, 2.75) is 6.42 Å². The number of benzene rings is 1. The lowest BCUT2D eigenvalue weighted by Gasteiger charge is -1.98.